The largest absolute Gasteiger partial charge is 0.465 e. The van der Waals surface area contributed by atoms with Gasteiger partial charge in [0.15, 0.2) is 0 Å². The summed E-state index contributed by atoms with van der Waals surface area (Å²) in [5.41, 5.74) is 1.08. The van der Waals surface area contributed by atoms with Crippen molar-refractivity contribution in [1.82, 2.24) is 9.88 Å². The molecule has 0 spiro atoms. The third kappa shape index (κ3) is 2.78. The van der Waals surface area contributed by atoms with Gasteiger partial charge in [-0.1, -0.05) is 30.3 Å². The first kappa shape index (κ1) is 13.6. The zero-order chi connectivity index (χ0) is 14.5. The van der Waals surface area contributed by atoms with Crippen LogP contribution in [0.25, 0.3) is 11.1 Å². The van der Waals surface area contributed by atoms with Crippen molar-refractivity contribution in [3.8, 4) is 17.2 Å². The van der Waals surface area contributed by atoms with Crippen LogP contribution in [0.3, 0.4) is 0 Å². The number of nitrogens with zero attached hydrogens (tertiary/aromatic N) is 2. The first-order valence-electron chi connectivity index (χ1n) is 5.94. The van der Waals surface area contributed by atoms with E-state index in [-0.39, 0.29) is 24.2 Å². The molecule has 0 radical (unpaired) electrons. The van der Waals surface area contributed by atoms with Gasteiger partial charge < -0.3 is 15.0 Å². The molecule has 102 valence electrons. The van der Waals surface area contributed by atoms with Gasteiger partial charge in [-0.3, -0.25) is 0 Å². The van der Waals surface area contributed by atoms with Gasteiger partial charge in [0, 0.05) is 19.3 Å². The van der Waals surface area contributed by atoms with E-state index in [4.69, 9.17) is 10.4 Å². The van der Waals surface area contributed by atoms with Crippen molar-refractivity contribution in [1.29, 1.82) is 5.26 Å². The lowest BCUT2D eigenvalue weighted by molar-refractivity contribution is 0.194. The van der Waals surface area contributed by atoms with Gasteiger partial charge in [-0.25, -0.2) is 4.79 Å². The first-order valence-corrected chi connectivity index (χ1v) is 5.94. The average molecular weight is 273 g/mol. The van der Waals surface area contributed by atoms with Gasteiger partial charge in [-0.2, -0.15) is 9.65 Å². The average Bonchev–Trinajstić information content (AvgIpc) is 2.76. The maximum Gasteiger partial charge on any atom is 0.404 e. The van der Waals surface area contributed by atoms with E-state index >= 15 is 0 Å². The van der Waals surface area contributed by atoms with E-state index < -0.39 is 12.0 Å². The Morgan fingerprint density at radius 3 is 2.70 bits per heavy atom. The minimum atomic E-state index is -1.17. The van der Waals surface area contributed by atoms with Crippen molar-refractivity contribution >= 4 is 6.09 Å². The Bertz CT molecular complexity index is 659. The van der Waals surface area contributed by atoms with E-state index in [2.05, 4.69) is 5.32 Å². The highest BCUT2D eigenvalue weighted by atomic mass is 19.1. The Kier molecular flexibility index (Phi) is 4.01. The fraction of sp³-hybridized carbons (Fsp3) is 0.143. The molecule has 1 aromatic carbocycles. The van der Waals surface area contributed by atoms with Crippen LogP contribution in [0.2, 0.25) is 0 Å². The van der Waals surface area contributed by atoms with Gasteiger partial charge in [-0.05, 0) is 5.56 Å². The fourth-order valence-corrected chi connectivity index (χ4v) is 1.94. The molecular formula is C14H12FN3O2. The molecule has 0 aliphatic rings. The Hall–Kier alpha value is -2.81. The van der Waals surface area contributed by atoms with Crippen molar-refractivity contribution in [3.05, 3.63) is 48.0 Å². The van der Waals surface area contributed by atoms with E-state index in [0.29, 0.717) is 5.56 Å². The molecule has 0 unspecified atom stereocenters. The molecule has 0 saturated carbocycles. The van der Waals surface area contributed by atoms with E-state index in [9.17, 15) is 9.18 Å². The van der Waals surface area contributed by atoms with E-state index in [1.165, 1.54) is 10.8 Å². The number of nitrogens with one attached hydrogen (secondary N) is 1. The molecular weight excluding hydrogens is 261 g/mol. The highest BCUT2D eigenvalue weighted by molar-refractivity contribution is 5.70. The summed E-state index contributed by atoms with van der Waals surface area (Å²) in [5.74, 6) is -0.542. The molecule has 0 aliphatic carbocycles. The molecule has 0 bridgehead atoms. The fourth-order valence-electron chi connectivity index (χ4n) is 1.94. The summed E-state index contributed by atoms with van der Waals surface area (Å²) >= 11 is 0. The lowest BCUT2D eigenvalue weighted by atomic mass is 10.1. The van der Waals surface area contributed by atoms with E-state index in [1.807, 2.05) is 6.07 Å². The van der Waals surface area contributed by atoms with Crippen molar-refractivity contribution in [2.75, 3.05) is 6.54 Å². The molecule has 2 rings (SSSR count). The van der Waals surface area contributed by atoms with Crippen LogP contribution < -0.4 is 5.32 Å². The normalized spacial score (nSPS) is 10.0. The molecule has 2 N–H and O–H groups in total. The molecule has 1 aromatic heterocycles. The van der Waals surface area contributed by atoms with Crippen molar-refractivity contribution in [3.63, 3.8) is 0 Å². The van der Waals surface area contributed by atoms with Gasteiger partial charge in [0.1, 0.15) is 6.07 Å². The first-order chi connectivity index (χ1) is 9.63. The van der Waals surface area contributed by atoms with Crippen LogP contribution in [-0.4, -0.2) is 22.3 Å². The maximum absolute atomic E-state index is 14.3. The smallest absolute Gasteiger partial charge is 0.404 e. The van der Waals surface area contributed by atoms with Crippen LogP contribution in [0.5, 0.6) is 0 Å². The monoisotopic (exact) mass is 273 g/mol. The number of carboxylic acid groups (broad SMARTS) is 1. The highest BCUT2D eigenvalue weighted by Gasteiger charge is 2.17. The predicted molar refractivity (Wildman–Crippen MR) is 70.6 cm³/mol. The second kappa shape index (κ2) is 5.89. The number of aromatic nitrogens is 1. The molecule has 5 nitrogen and oxygen atoms in total. The number of hydrogen-bond donors (Lipinski definition) is 2. The SMILES string of the molecule is N#Cc1cn(CCNC(=O)O)c(F)c1-c1ccccc1. The summed E-state index contributed by atoms with van der Waals surface area (Å²) in [4.78, 5) is 10.4. The highest BCUT2D eigenvalue weighted by Crippen LogP contribution is 2.27. The van der Waals surface area contributed by atoms with E-state index in [1.54, 1.807) is 30.3 Å². The molecule has 2 aromatic rings. The molecule has 1 amide bonds. The number of amides is 1. The van der Waals surface area contributed by atoms with Crippen LogP contribution in [0, 0.1) is 17.3 Å². The second-order valence-electron chi connectivity index (χ2n) is 4.11. The summed E-state index contributed by atoms with van der Waals surface area (Å²) in [6.45, 7) is 0.194. The summed E-state index contributed by atoms with van der Waals surface area (Å²) in [7, 11) is 0. The molecule has 0 saturated heterocycles. The topological polar surface area (TPSA) is 78.0 Å². The minimum absolute atomic E-state index is 0.0695. The molecule has 20 heavy (non-hydrogen) atoms. The van der Waals surface area contributed by atoms with Gasteiger partial charge in [0.05, 0.1) is 11.1 Å². The lowest BCUT2D eigenvalue weighted by Crippen LogP contribution is -2.25. The molecule has 6 heteroatoms. The minimum Gasteiger partial charge on any atom is -0.465 e. The number of benzene rings is 1. The predicted octanol–water partition coefficient (Wildman–Crippen LogP) is 2.43. The number of hydrogen-bond acceptors (Lipinski definition) is 2. The number of rotatable bonds is 4. The van der Waals surface area contributed by atoms with Crippen LogP contribution in [0.4, 0.5) is 9.18 Å². The Balaban J connectivity index is 2.32. The van der Waals surface area contributed by atoms with Gasteiger partial charge >= 0.3 is 6.09 Å². The molecule has 1 heterocycles. The quantitative estimate of drug-likeness (QED) is 0.898. The van der Waals surface area contributed by atoms with Crippen LogP contribution in [-0.2, 0) is 6.54 Å². The van der Waals surface area contributed by atoms with Crippen molar-refractivity contribution in [2.24, 2.45) is 0 Å². The summed E-state index contributed by atoms with van der Waals surface area (Å²) in [5, 5.41) is 19.7. The third-order valence-electron chi connectivity index (χ3n) is 2.82. The lowest BCUT2D eigenvalue weighted by Gasteiger charge is -2.04. The Morgan fingerprint density at radius 1 is 1.40 bits per heavy atom. The summed E-state index contributed by atoms with van der Waals surface area (Å²) in [6, 6.07) is 10.7. The number of halogens is 1. The van der Waals surface area contributed by atoms with E-state index in [0.717, 1.165) is 0 Å². The van der Waals surface area contributed by atoms with Gasteiger partial charge in [0.2, 0.25) is 5.95 Å². The van der Waals surface area contributed by atoms with Crippen LogP contribution >= 0.6 is 0 Å². The van der Waals surface area contributed by atoms with Crippen LogP contribution in [0.1, 0.15) is 5.56 Å². The number of carbonyl (C=O) groups is 1. The van der Waals surface area contributed by atoms with Crippen LogP contribution in [0.15, 0.2) is 36.5 Å². The Morgan fingerprint density at radius 2 is 2.10 bits per heavy atom. The zero-order valence-electron chi connectivity index (χ0n) is 10.5. The van der Waals surface area contributed by atoms with Gasteiger partial charge in [0.25, 0.3) is 0 Å². The van der Waals surface area contributed by atoms with Gasteiger partial charge in [-0.15, -0.1) is 0 Å². The Labute approximate surface area is 114 Å². The summed E-state index contributed by atoms with van der Waals surface area (Å²) in [6.07, 6.45) is 0.225. The molecule has 0 fully saturated rings. The standard InChI is InChI=1S/C14H12FN3O2/c15-13-12(10-4-2-1-3-5-10)11(8-16)9-18(13)7-6-17-14(19)20/h1-5,9,17H,6-7H2,(H,19,20). The molecule has 0 aliphatic heterocycles. The maximum atomic E-state index is 14.3. The second-order valence-corrected chi connectivity index (χ2v) is 4.11. The van der Waals surface area contributed by atoms with Crippen molar-refractivity contribution < 1.29 is 14.3 Å². The summed E-state index contributed by atoms with van der Waals surface area (Å²) < 4.78 is 15.6. The zero-order valence-corrected chi connectivity index (χ0v) is 10.5. The number of nitriles is 1. The van der Waals surface area contributed by atoms with Crippen molar-refractivity contribution in [2.45, 2.75) is 6.54 Å². The molecule has 0 atom stereocenters. The third-order valence-corrected chi connectivity index (χ3v) is 2.82.